The lowest BCUT2D eigenvalue weighted by Crippen LogP contribution is -2.40. The number of hydrogen-bond acceptors (Lipinski definition) is 4. The monoisotopic (exact) mass is 380 g/mol. The number of aromatic nitrogens is 1. The highest BCUT2D eigenvalue weighted by atomic mass is 32.1. The molecule has 1 saturated heterocycles. The van der Waals surface area contributed by atoms with Gasteiger partial charge in [0, 0.05) is 43.2 Å². The fourth-order valence-electron chi connectivity index (χ4n) is 2.70. The first-order valence-corrected chi connectivity index (χ1v) is 9.01. The minimum Gasteiger partial charge on any atom is -0.354 e. The number of halogens is 2. The number of carbonyl (C=O) groups excluding carboxylic acids is 2. The summed E-state index contributed by atoms with van der Waals surface area (Å²) in [5, 5.41) is 5.69. The summed E-state index contributed by atoms with van der Waals surface area (Å²) in [4.78, 5) is 31.4. The van der Waals surface area contributed by atoms with E-state index in [2.05, 4.69) is 10.3 Å². The molecule has 9 heteroatoms. The molecule has 0 radical (unpaired) electrons. The van der Waals surface area contributed by atoms with Crippen molar-refractivity contribution >= 4 is 29.0 Å². The Morgan fingerprint density at radius 1 is 1.31 bits per heavy atom. The van der Waals surface area contributed by atoms with Crippen LogP contribution in [0.25, 0.3) is 0 Å². The number of nitrogens with one attached hydrogen (secondary N) is 1. The third-order valence-corrected chi connectivity index (χ3v) is 4.84. The predicted molar refractivity (Wildman–Crippen MR) is 94.2 cm³/mol. The van der Waals surface area contributed by atoms with E-state index in [0.29, 0.717) is 26.1 Å². The van der Waals surface area contributed by atoms with Gasteiger partial charge in [0.25, 0.3) is 0 Å². The Kier molecular flexibility index (Phi) is 5.46. The van der Waals surface area contributed by atoms with Crippen LogP contribution in [0, 0.1) is 18.6 Å². The second-order valence-electron chi connectivity index (χ2n) is 5.91. The number of thiazole rings is 1. The summed E-state index contributed by atoms with van der Waals surface area (Å²) in [6, 6.07) is 2.90. The van der Waals surface area contributed by atoms with Gasteiger partial charge in [-0.25, -0.2) is 18.6 Å². The van der Waals surface area contributed by atoms with Gasteiger partial charge in [-0.2, -0.15) is 0 Å². The van der Waals surface area contributed by atoms with Gasteiger partial charge < -0.3 is 10.2 Å². The molecule has 0 saturated carbocycles. The number of amides is 3. The smallest absolute Gasteiger partial charge is 0.325 e. The molecule has 1 fully saturated rings. The SMILES string of the molecule is Cc1nc(CCNC(=O)CN2CCN(c3ccc(F)c(F)c3)C2=O)cs1. The highest BCUT2D eigenvalue weighted by molar-refractivity contribution is 7.09. The van der Waals surface area contributed by atoms with E-state index in [1.165, 1.54) is 15.9 Å². The highest BCUT2D eigenvalue weighted by Gasteiger charge is 2.31. The maximum Gasteiger partial charge on any atom is 0.325 e. The lowest BCUT2D eigenvalue weighted by molar-refractivity contribution is -0.121. The normalized spacial score (nSPS) is 14.2. The minimum atomic E-state index is -1.01. The van der Waals surface area contributed by atoms with E-state index in [9.17, 15) is 18.4 Å². The van der Waals surface area contributed by atoms with Gasteiger partial charge in [0.15, 0.2) is 11.6 Å². The van der Waals surface area contributed by atoms with Crippen LogP contribution >= 0.6 is 11.3 Å². The van der Waals surface area contributed by atoms with Crippen molar-refractivity contribution in [2.75, 3.05) is 31.1 Å². The molecule has 1 aromatic heterocycles. The molecule has 6 nitrogen and oxygen atoms in total. The second-order valence-corrected chi connectivity index (χ2v) is 6.97. The van der Waals surface area contributed by atoms with Crippen molar-refractivity contribution in [2.24, 2.45) is 0 Å². The van der Waals surface area contributed by atoms with Crippen molar-refractivity contribution in [2.45, 2.75) is 13.3 Å². The van der Waals surface area contributed by atoms with Gasteiger partial charge in [-0.1, -0.05) is 0 Å². The van der Waals surface area contributed by atoms with E-state index in [4.69, 9.17) is 0 Å². The molecule has 1 aliphatic rings. The molecule has 1 N–H and O–H groups in total. The van der Waals surface area contributed by atoms with E-state index in [1.54, 1.807) is 11.3 Å². The first-order chi connectivity index (χ1) is 12.4. The van der Waals surface area contributed by atoms with Gasteiger partial charge in [-0.05, 0) is 19.1 Å². The molecule has 138 valence electrons. The van der Waals surface area contributed by atoms with Gasteiger partial charge in [-0.15, -0.1) is 11.3 Å². The van der Waals surface area contributed by atoms with E-state index < -0.39 is 17.7 Å². The average Bonchev–Trinajstić information content (AvgIpc) is 3.17. The van der Waals surface area contributed by atoms with Crippen LogP contribution in [0.1, 0.15) is 10.7 Å². The Bertz CT molecular complexity index is 827. The van der Waals surface area contributed by atoms with Crippen LogP contribution in [-0.2, 0) is 11.2 Å². The summed E-state index contributed by atoms with van der Waals surface area (Å²) in [7, 11) is 0. The molecule has 0 bridgehead atoms. The lowest BCUT2D eigenvalue weighted by atomic mass is 10.3. The van der Waals surface area contributed by atoms with Crippen molar-refractivity contribution < 1.29 is 18.4 Å². The zero-order valence-electron chi connectivity index (χ0n) is 14.2. The third-order valence-electron chi connectivity index (χ3n) is 4.01. The average molecular weight is 380 g/mol. The van der Waals surface area contributed by atoms with Crippen molar-refractivity contribution in [3.8, 4) is 0 Å². The van der Waals surface area contributed by atoms with Crippen molar-refractivity contribution in [3.05, 3.63) is 45.9 Å². The molecule has 2 aromatic rings. The zero-order valence-corrected chi connectivity index (χ0v) is 15.0. The van der Waals surface area contributed by atoms with E-state index in [0.717, 1.165) is 22.8 Å². The fraction of sp³-hybridized carbons (Fsp3) is 0.353. The summed E-state index contributed by atoms with van der Waals surface area (Å²) in [6.07, 6.45) is 0.630. The first kappa shape index (κ1) is 18.2. The molecule has 0 unspecified atom stereocenters. The molecule has 3 rings (SSSR count). The van der Waals surface area contributed by atoms with Crippen LogP contribution in [0.3, 0.4) is 0 Å². The number of hydrogen-bond donors (Lipinski definition) is 1. The van der Waals surface area contributed by atoms with Crippen LogP contribution in [0.15, 0.2) is 23.6 Å². The summed E-state index contributed by atoms with van der Waals surface area (Å²) in [6.45, 7) is 2.95. The van der Waals surface area contributed by atoms with Gasteiger partial charge in [0.1, 0.15) is 6.54 Å². The Labute approximate surface area is 153 Å². The van der Waals surface area contributed by atoms with Crippen LogP contribution < -0.4 is 10.2 Å². The molecule has 3 amide bonds. The van der Waals surface area contributed by atoms with E-state index >= 15 is 0 Å². The number of nitrogens with zero attached hydrogens (tertiary/aromatic N) is 3. The van der Waals surface area contributed by atoms with Crippen LogP contribution in [0.4, 0.5) is 19.3 Å². The first-order valence-electron chi connectivity index (χ1n) is 8.13. The van der Waals surface area contributed by atoms with Crippen molar-refractivity contribution in [1.82, 2.24) is 15.2 Å². The Hall–Kier alpha value is -2.55. The molecule has 0 aliphatic carbocycles. The van der Waals surface area contributed by atoms with Crippen LogP contribution in [0.2, 0.25) is 0 Å². The van der Waals surface area contributed by atoms with E-state index in [-0.39, 0.29) is 18.1 Å². The molecular formula is C17H18F2N4O2S. The third kappa shape index (κ3) is 4.16. The maximum atomic E-state index is 13.4. The van der Waals surface area contributed by atoms with Gasteiger partial charge in [0.05, 0.1) is 10.7 Å². The number of carbonyl (C=O) groups is 2. The molecule has 0 atom stereocenters. The number of anilines is 1. The predicted octanol–water partition coefficient (Wildman–Crippen LogP) is 2.33. The molecule has 1 aliphatic heterocycles. The molecule has 2 heterocycles. The number of rotatable bonds is 6. The number of benzene rings is 1. The number of aryl methyl sites for hydroxylation is 1. The number of urea groups is 1. The van der Waals surface area contributed by atoms with E-state index in [1.807, 2.05) is 12.3 Å². The fourth-order valence-corrected chi connectivity index (χ4v) is 3.35. The van der Waals surface area contributed by atoms with Crippen LogP contribution in [-0.4, -0.2) is 48.0 Å². The molecule has 26 heavy (non-hydrogen) atoms. The minimum absolute atomic E-state index is 0.0743. The maximum absolute atomic E-state index is 13.4. The summed E-state index contributed by atoms with van der Waals surface area (Å²) < 4.78 is 26.4. The summed E-state index contributed by atoms with van der Waals surface area (Å²) >= 11 is 1.56. The largest absolute Gasteiger partial charge is 0.354 e. The Balaban J connectivity index is 1.50. The van der Waals surface area contributed by atoms with Crippen molar-refractivity contribution in [3.63, 3.8) is 0 Å². The van der Waals surface area contributed by atoms with Crippen molar-refractivity contribution in [1.29, 1.82) is 0 Å². The van der Waals surface area contributed by atoms with Gasteiger partial charge in [-0.3, -0.25) is 9.69 Å². The van der Waals surface area contributed by atoms with Gasteiger partial charge in [0.2, 0.25) is 5.91 Å². The topological polar surface area (TPSA) is 65.5 Å². The summed E-state index contributed by atoms with van der Waals surface area (Å²) in [5.74, 6) is -2.24. The standard InChI is InChI=1S/C17H18F2N4O2S/c1-11-21-12(10-26-11)4-5-20-16(24)9-22-6-7-23(17(22)25)13-2-3-14(18)15(19)8-13/h2-3,8,10H,4-7,9H2,1H3,(H,20,24). The zero-order chi connectivity index (χ0) is 18.7. The second kappa shape index (κ2) is 7.77. The van der Waals surface area contributed by atoms with Gasteiger partial charge >= 0.3 is 6.03 Å². The lowest BCUT2D eigenvalue weighted by Gasteiger charge is -2.18. The van der Waals surface area contributed by atoms with Crippen LogP contribution in [0.5, 0.6) is 0 Å². The Morgan fingerprint density at radius 2 is 2.12 bits per heavy atom. The molecular weight excluding hydrogens is 362 g/mol. The highest BCUT2D eigenvalue weighted by Crippen LogP contribution is 2.22. The molecule has 0 spiro atoms. The molecule has 1 aromatic carbocycles. The summed E-state index contributed by atoms with van der Waals surface area (Å²) in [5.41, 5.74) is 1.20. The Morgan fingerprint density at radius 3 is 2.81 bits per heavy atom. The quantitative estimate of drug-likeness (QED) is 0.837.